The Morgan fingerprint density at radius 2 is 1.88 bits per heavy atom. The van der Waals surface area contributed by atoms with E-state index in [9.17, 15) is 4.39 Å². The molecule has 0 amide bonds. The molecule has 2 rings (SSSR count). The normalized spacial score (nSPS) is 10.5. The van der Waals surface area contributed by atoms with Gasteiger partial charge in [0.15, 0.2) is 0 Å². The van der Waals surface area contributed by atoms with Crippen LogP contribution in [0.1, 0.15) is 5.56 Å². The zero-order chi connectivity index (χ0) is 12.4. The molecule has 0 aliphatic heterocycles. The smallest absolute Gasteiger partial charge is 0.134 e. The van der Waals surface area contributed by atoms with Crippen LogP contribution < -0.4 is 5.73 Å². The summed E-state index contributed by atoms with van der Waals surface area (Å²) in [5.74, 6) is -0.626. The maximum Gasteiger partial charge on any atom is 0.134 e. The second kappa shape index (κ2) is 4.73. The molecule has 0 aliphatic rings. The van der Waals surface area contributed by atoms with Crippen molar-refractivity contribution in [2.75, 3.05) is 0 Å². The Hall–Kier alpha value is -1.58. The molecule has 17 heavy (non-hydrogen) atoms. The number of phenols is 1. The van der Waals surface area contributed by atoms with Crippen LogP contribution in [0.3, 0.4) is 0 Å². The van der Waals surface area contributed by atoms with Gasteiger partial charge in [-0.2, -0.15) is 0 Å². The summed E-state index contributed by atoms with van der Waals surface area (Å²) < 4.78 is 13.7. The maximum absolute atomic E-state index is 13.7. The van der Waals surface area contributed by atoms with E-state index in [0.717, 1.165) is 11.6 Å². The minimum absolute atomic E-state index is 0.114. The Morgan fingerprint density at radius 3 is 2.53 bits per heavy atom. The van der Waals surface area contributed by atoms with Gasteiger partial charge in [0.1, 0.15) is 11.6 Å². The van der Waals surface area contributed by atoms with Crippen molar-refractivity contribution in [3.8, 4) is 16.9 Å². The fourth-order valence-electron chi connectivity index (χ4n) is 1.63. The van der Waals surface area contributed by atoms with Crippen molar-refractivity contribution in [3.05, 3.63) is 52.8 Å². The molecule has 4 heteroatoms. The average Bonchev–Trinajstić information content (AvgIpc) is 2.30. The number of aromatic hydroxyl groups is 1. The third-order valence-corrected chi connectivity index (χ3v) is 2.84. The Morgan fingerprint density at radius 1 is 1.12 bits per heavy atom. The lowest BCUT2D eigenvalue weighted by atomic mass is 10.0. The zero-order valence-electron chi connectivity index (χ0n) is 8.95. The summed E-state index contributed by atoms with van der Waals surface area (Å²) in [5.41, 5.74) is 7.33. The molecule has 0 atom stereocenters. The number of benzene rings is 2. The molecule has 0 fully saturated rings. The van der Waals surface area contributed by atoms with Crippen LogP contribution in [0, 0.1) is 5.82 Å². The first-order valence-corrected chi connectivity index (χ1v) is 5.47. The minimum atomic E-state index is -0.513. The highest BCUT2D eigenvalue weighted by Gasteiger charge is 2.10. The maximum atomic E-state index is 13.7. The van der Waals surface area contributed by atoms with Gasteiger partial charge < -0.3 is 10.8 Å². The van der Waals surface area contributed by atoms with Crippen molar-refractivity contribution in [1.82, 2.24) is 0 Å². The fourth-order valence-corrected chi connectivity index (χ4v) is 1.85. The molecule has 0 heterocycles. The topological polar surface area (TPSA) is 46.2 Å². The average molecular weight is 252 g/mol. The molecule has 0 radical (unpaired) electrons. The number of nitrogens with two attached hydrogens (primary N) is 1. The SMILES string of the molecule is NCc1ccc(Cl)c(-c2ccc(O)cc2F)c1. The van der Waals surface area contributed by atoms with E-state index in [-0.39, 0.29) is 5.75 Å². The van der Waals surface area contributed by atoms with Gasteiger partial charge in [-0.15, -0.1) is 0 Å². The van der Waals surface area contributed by atoms with Gasteiger partial charge in [0.25, 0.3) is 0 Å². The van der Waals surface area contributed by atoms with E-state index in [4.69, 9.17) is 22.4 Å². The summed E-state index contributed by atoms with van der Waals surface area (Å²) in [6.45, 7) is 0.365. The van der Waals surface area contributed by atoms with Crippen molar-refractivity contribution in [2.24, 2.45) is 5.73 Å². The van der Waals surface area contributed by atoms with Crippen LogP contribution in [-0.4, -0.2) is 5.11 Å². The second-order valence-electron chi connectivity index (χ2n) is 3.68. The number of phenolic OH excluding ortho intramolecular Hbond substituents is 1. The number of rotatable bonds is 2. The third kappa shape index (κ3) is 2.40. The fraction of sp³-hybridized carbons (Fsp3) is 0.0769. The molecule has 0 aromatic heterocycles. The highest BCUT2D eigenvalue weighted by Crippen LogP contribution is 2.32. The Balaban J connectivity index is 2.59. The van der Waals surface area contributed by atoms with Crippen molar-refractivity contribution < 1.29 is 9.50 Å². The molecule has 2 aromatic carbocycles. The number of hydrogen-bond donors (Lipinski definition) is 2. The second-order valence-corrected chi connectivity index (χ2v) is 4.09. The van der Waals surface area contributed by atoms with E-state index in [2.05, 4.69) is 0 Å². The zero-order valence-corrected chi connectivity index (χ0v) is 9.71. The van der Waals surface area contributed by atoms with Crippen LogP contribution in [0.4, 0.5) is 4.39 Å². The van der Waals surface area contributed by atoms with Gasteiger partial charge in [-0.25, -0.2) is 4.39 Å². The van der Waals surface area contributed by atoms with Crippen molar-refractivity contribution in [3.63, 3.8) is 0 Å². The summed E-state index contributed by atoms with van der Waals surface area (Å²) >= 11 is 6.03. The van der Waals surface area contributed by atoms with Gasteiger partial charge in [-0.05, 0) is 29.8 Å². The van der Waals surface area contributed by atoms with E-state index in [1.165, 1.54) is 12.1 Å². The first kappa shape index (κ1) is 11.9. The van der Waals surface area contributed by atoms with Gasteiger partial charge >= 0.3 is 0 Å². The lowest BCUT2D eigenvalue weighted by Gasteiger charge is -2.08. The molecule has 2 nitrogen and oxygen atoms in total. The van der Waals surface area contributed by atoms with Crippen LogP contribution in [0.25, 0.3) is 11.1 Å². The highest BCUT2D eigenvalue weighted by molar-refractivity contribution is 6.33. The largest absolute Gasteiger partial charge is 0.508 e. The Kier molecular flexibility index (Phi) is 3.31. The lowest BCUT2D eigenvalue weighted by molar-refractivity contribution is 0.469. The molecule has 0 saturated carbocycles. The molecule has 0 unspecified atom stereocenters. The van der Waals surface area contributed by atoms with Crippen molar-refractivity contribution in [2.45, 2.75) is 6.54 Å². The molecule has 88 valence electrons. The molecule has 0 bridgehead atoms. The predicted molar refractivity (Wildman–Crippen MR) is 66.4 cm³/mol. The standard InChI is InChI=1S/C13H11ClFNO/c14-12-4-1-8(7-16)5-11(12)10-3-2-9(17)6-13(10)15/h1-6,17H,7,16H2. The number of halogens is 2. The molecule has 0 saturated heterocycles. The van der Waals surface area contributed by atoms with Crippen LogP contribution in [0.2, 0.25) is 5.02 Å². The third-order valence-electron chi connectivity index (χ3n) is 2.51. The Bertz CT molecular complexity index is 557. The van der Waals surface area contributed by atoms with E-state index < -0.39 is 5.82 Å². The quantitative estimate of drug-likeness (QED) is 0.860. The molecule has 2 aromatic rings. The van der Waals surface area contributed by atoms with Crippen LogP contribution in [0.15, 0.2) is 36.4 Å². The monoisotopic (exact) mass is 251 g/mol. The summed E-state index contributed by atoms with van der Waals surface area (Å²) in [4.78, 5) is 0. The minimum Gasteiger partial charge on any atom is -0.508 e. The van der Waals surface area contributed by atoms with Gasteiger partial charge in [0.05, 0.1) is 0 Å². The van der Waals surface area contributed by atoms with Crippen molar-refractivity contribution in [1.29, 1.82) is 0 Å². The van der Waals surface area contributed by atoms with E-state index >= 15 is 0 Å². The first-order chi connectivity index (χ1) is 8.11. The first-order valence-electron chi connectivity index (χ1n) is 5.09. The summed E-state index contributed by atoms with van der Waals surface area (Å²) in [6.07, 6.45) is 0. The van der Waals surface area contributed by atoms with Gasteiger partial charge in [-0.1, -0.05) is 17.7 Å². The van der Waals surface area contributed by atoms with Gasteiger partial charge in [-0.3, -0.25) is 0 Å². The van der Waals surface area contributed by atoms with E-state index in [1.807, 2.05) is 0 Å². The van der Waals surface area contributed by atoms with E-state index in [0.29, 0.717) is 22.7 Å². The van der Waals surface area contributed by atoms with Crippen LogP contribution in [0.5, 0.6) is 5.75 Å². The molecule has 3 N–H and O–H groups in total. The predicted octanol–water partition coefficient (Wildman–Crippen LogP) is 3.31. The number of hydrogen-bond acceptors (Lipinski definition) is 2. The molecule has 0 aliphatic carbocycles. The summed E-state index contributed by atoms with van der Waals surface area (Å²) in [5, 5.41) is 9.61. The summed E-state index contributed by atoms with van der Waals surface area (Å²) in [6, 6.07) is 9.20. The lowest BCUT2D eigenvalue weighted by Crippen LogP contribution is -1.96. The van der Waals surface area contributed by atoms with Crippen molar-refractivity contribution >= 4 is 11.6 Å². The van der Waals surface area contributed by atoms with Crippen LogP contribution >= 0.6 is 11.6 Å². The van der Waals surface area contributed by atoms with Gasteiger partial charge in [0.2, 0.25) is 0 Å². The van der Waals surface area contributed by atoms with Gasteiger partial charge in [0, 0.05) is 28.8 Å². The molecular formula is C13H11ClFNO. The molecule has 0 spiro atoms. The summed E-state index contributed by atoms with van der Waals surface area (Å²) in [7, 11) is 0. The Labute approximate surface area is 103 Å². The van der Waals surface area contributed by atoms with Crippen LogP contribution in [-0.2, 0) is 6.54 Å². The molecular weight excluding hydrogens is 241 g/mol. The van der Waals surface area contributed by atoms with E-state index in [1.54, 1.807) is 18.2 Å². The highest BCUT2D eigenvalue weighted by atomic mass is 35.5.